The van der Waals surface area contributed by atoms with Gasteiger partial charge in [-0.1, -0.05) is 58.7 Å². The van der Waals surface area contributed by atoms with Crippen molar-refractivity contribution in [3.05, 3.63) is 111 Å². The first-order valence-electron chi connectivity index (χ1n) is 11.6. The fourth-order valence-electron chi connectivity index (χ4n) is 3.35. The second-order valence-corrected chi connectivity index (χ2v) is 10.0. The summed E-state index contributed by atoms with van der Waals surface area (Å²) in [5.74, 6) is -0.268. The van der Waals surface area contributed by atoms with Gasteiger partial charge in [-0.05, 0) is 55.5 Å². The summed E-state index contributed by atoms with van der Waals surface area (Å²) >= 11 is 13.9. The fourth-order valence-corrected chi connectivity index (χ4v) is 4.61. The molecule has 3 amide bonds. The Balaban J connectivity index is 1.49. The number of carbonyl (C=O) groups excluding carboxylic acids is 3. The average molecular weight is 581 g/mol. The van der Waals surface area contributed by atoms with Crippen molar-refractivity contribution in [2.75, 3.05) is 16.4 Å². The zero-order chi connectivity index (χ0) is 27.8. The molecule has 0 unspecified atom stereocenters. The SMILES string of the molecule is Cc1cc(NC(=O)CSc2cccc(NC(=O)/C(=C\c3c(Cl)cccc3Cl)NC(=O)c3ccccc3)c2)no1. The summed E-state index contributed by atoms with van der Waals surface area (Å²) in [6.07, 6.45) is 1.43. The van der Waals surface area contributed by atoms with Crippen molar-refractivity contribution in [2.45, 2.75) is 11.8 Å². The molecule has 0 aliphatic heterocycles. The molecular weight excluding hydrogens is 559 g/mol. The number of carbonyl (C=O) groups is 3. The van der Waals surface area contributed by atoms with Gasteiger partial charge in [-0.25, -0.2) is 0 Å². The molecule has 0 fully saturated rings. The molecule has 4 aromatic rings. The molecule has 0 bridgehead atoms. The maximum atomic E-state index is 13.3. The molecule has 0 atom stereocenters. The molecule has 0 aliphatic carbocycles. The highest BCUT2D eigenvalue weighted by atomic mass is 35.5. The lowest BCUT2D eigenvalue weighted by Gasteiger charge is -2.13. The lowest BCUT2D eigenvalue weighted by atomic mass is 10.1. The predicted octanol–water partition coefficient (Wildman–Crippen LogP) is 6.43. The summed E-state index contributed by atoms with van der Waals surface area (Å²) in [6, 6.07) is 22.0. The Morgan fingerprint density at radius 3 is 2.33 bits per heavy atom. The van der Waals surface area contributed by atoms with E-state index in [0.29, 0.717) is 38.4 Å². The third-order valence-electron chi connectivity index (χ3n) is 5.17. The molecule has 3 N–H and O–H groups in total. The number of rotatable bonds is 9. The number of nitrogens with one attached hydrogen (secondary N) is 3. The number of hydrogen-bond acceptors (Lipinski definition) is 6. The lowest BCUT2D eigenvalue weighted by Crippen LogP contribution is -2.30. The van der Waals surface area contributed by atoms with Crippen molar-refractivity contribution >= 4 is 70.3 Å². The number of anilines is 2. The molecular formula is C28H22Cl2N4O4S. The van der Waals surface area contributed by atoms with Gasteiger partial charge in [-0.15, -0.1) is 11.8 Å². The third-order valence-corrected chi connectivity index (χ3v) is 6.83. The largest absolute Gasteiger partial charge is 0.360 e. The van der Waals surface area contributed by atoms with Crippen LogP contribution in [0.4, 0.5) is 11.5 Å². The van der Waals surface area contributed by atoms with Gasteiger partial charge in [0.05, 0.1) is 5.75 Å². The fraction of sp³-hybridized carbons (Fsp3) is 0.0714. The number of aryl methyl sites for hydroxylation is 1. The molecule has 0 radical (unpaired) electrons. The Kier molecular flexibility index (Phi) is 9.43. The van der Waals surface area contributed by atoms with Crippen LogP contribution in [0.3, 0.4) is 0 Å². The highest BCUT2D eigenvalue weighted by Crippen LogP contribution is 2.27. The molecule has 0 saturated heterocycles. The van der Waals surface area contributed by atoms with Gasteiger partial charge < -0.3 is 20.5 Å². The first-order valence-corrected chi connectivity index (χ1v) is 13.3. The molecule has 4 rings (SSSR count). The third kappa shape index (κ3) is 7.97. The molecule has 1 heterocycles. The molecule has 3 aromatic carbocycles. The number of aromatic nitrogens is 1. The minimum absolute atomic E-state index is 0.0563. The van der Waals surface area contributed by atoms with E-state index in [1.807, 2.05) is 6.07 Å². The Hall–Kier alpha value is -4.05. The van der Waals surface area contributed by atoms with E-state index in [9.17, 15) is 14.4 Å². The topological polar surface area (TPSA) is 113 Å². The molecule has 8 nitrogen and oxygen atoms in total. The van der Waals surface area contributed by atoms with Crippen molar-refractivity contribution in [3.63, 3.8) is 0 Å². The minimum atomic E-state index is -0.587. The van der Waals surface area contributed by atoms with Gasteiger partial charge in [0.25, 0.3) is 11.8 Å². The summed E-state index contributed by atoms with van der Waals surface area (Å²) in [7, 11) is 0. The summed E-state index contributed by atoms with van der Waals surface area (Å²) in [5.41, 5.74) is 1.16. The molecule has 1 aromatic heterocycles. The van der Waals surface area contributed by atoms with Crippen LogP contribution in [0.15, 0.2) is 94.0 Å². The zero-order valence-electron chi connectivity index (χ0n) is 20.5. The van der Waals surface area contributed by atoms with E-state index >= 15 is 0 Å². The van der Waals surface area contributed by atoms with Crippen LogP contribution >= 0.6 is 35.0 Å². The van der Waals surface area contributed by atoms with E-state index in [1.54, 1.807) is 79.7 Å². The summed E-state index contributed by atoms with van der Waals surface area (Å²) in [4.78, 5) is 39.2. The number of halogens is 2. The van der Waals surface area contributed by atoms with Crippen molar-refractivity contribution in [1.82, 2.24) is 10.5 Å². The Morgan fingerprint density at radius 1 is 0.923 bits per heavy atom. The van der Waals surface area contributed by atoms with Gasteiger partial charge in [0.15, 0.2) is 5.82 Å². The predicted molar refractivity (Wildman–Crippen MR) is 154 cm³/mol. The molecule has 39 heavy (non-hydrogen) atoms. The summed E-state index contributed by atoms with van der Waals surface area (Å²) < 4.78 is 4.94. The molecule has 11 heteroatoms. The first-order chi connectivity index (χ1) is 18.8. The second-order valence-electron chi connectivity index (χ2n) is 8.16. The van der Waals surface area contributed by atoms with Gasteiger partial charge in [-0.2, -0.15) is 0 Å². The van der Waals surface area contributed by atoms with E-state index in [-0.39, 0.29) is 17.4 Å². The molecule has 0 aliphatic rings. The van der Waals surface area contributed by atoms with Crippen LogP contribution in [0.2, 0.25) is 10.0 Å². The number of hydrogen-bond donors (Lipinski definition) is 3. The van der Waals surface area contributed by atoms with Crippen molar-refractivity contribution in [3.8, 4) is 0 Å². The maximum Gasteiger partial charge on any atom is 0.272 e. The van der Waals surface area contributed by atoms with E-state index in [1.165, 1.54) is 17.8 Å². The van der Waals surface area contributed by atoms with E-state index < -0.39 is 11.8 Å². The van der Waals surface area contributed by atoms with Gasteiger partial charge in [0.1, 0.15) is 11.5 Å². The second kappa shape index (κ2) is 13.1. The summed E-state index contributed by atoms with van der Waals surface area (Å²) in [5, 5.41) is 12.5. The highest BCUT2D eigenvalue weighted by Gasteiger charge is 2.17. The molecule has 198 valence electrons. The maximum absolute atomic E-state index is 13.3. The van der Waals surface area contributed by atoms with E-state index in [4.69, 9.17) is 27.7 Å². The first kappa shape index (κ1) is 28.0. The van der Waals surface area contributed by atoms with Crippen LogP contribution in [0.1, 0.15) is 21.7 Å². The minimum Gasteiger partial charge on any atom is -0.360 e. The average Bonchev–Trinajstić information content (AvgIpc) is 3.33. The van der Waals surface area contributed by atoms with Gasteiger partial charge >= 0.3 is 0 Å². The Morgan fingerprint density at radius 2 is 1.64 bits per heavy atom. The number of benzene rings is 3. The summed E-state index contributed by atoms with van der Waals surface area (Å²) in [6.45, 7) is 1.73. The van der Waals surface area contributed by atoms with Gasteiger partial charge in [-0.3, -0.25) is 14.4 Å². The lowest BCUT2D eigenvalue weighted by molar-refractivity contribution is -0.114. The van der Waals surface area contributed by atoms with Crippen LogP contribution in [0, 0.1) is 6.92 Å². The smallest absolute Gasteiger partial charge is 0.272 e. The number of amides is 3. The van der Waals surface area contributed by atoms with Crippen LogP contribution < -0.4 is 16.0 Å². The normalized spacial score (nSPS) is 11.1. The monoisotopic (exact) mass is 580 g/mol. The van der Waals surface area contributed by atoms with Crippen molar-refractivity contribution < 1.29 is 18.9 Å². The van der Waals surface area contributed by atoms with Crippen molar-refractivity contribution in [2.24, 2.45) is 0 Å². The van der Waals surface area contributed by atoms with E-state index in [0.717, 1.165) is 4.90 Å². The van der Waals surface area contributed by atoms with Crippen LogP contribution in [-0.2, 0) is 9.59 Å². The Bertz CT molecular complexity index is 1520. The van der Waals surface area contributed by atoms with Crippen molar-refractivity contribution in [1.29, 1.82) is 0 Å². The zero-order valence-corrected chi connectivity index (χ0v) is 22.9. The van der Waals surface area contributed by atoms with E-state index in [2.05, 4.69) is 21.1 Å². The number of nitrogens with zero attached hydrogens (tertiary/aromatic N) is 1. The van der Waals surface area contributed by atoms with Crippen LogP contribution in [0.25, 0.3) is 6.08 Å². The highest BCUT2D eigenvalue weighted by molar-refractivity contribution is 8.00. The molecule has 0 spiro atoms. The number of thioether (sulfide) groups is 1. The molecule has 0 saturated carbocycles. The Labute approximate surface area is 238 Å². The standard InChI is InChI=1S/C28H22Cl2N4O4S/c1-17-13-25(34-38-17)33-26(35)16-39-20-10-5-9-19(14-20)31-28(37)24(15-21-22(29)11-6-12-23(21)30)32-27(36)18-7-3-2-4-8-18/h2-15H,16H2,1H3,(H,31,37)(H,32,36)(H,33,34,35)/b24-15+. The van der Waals surface area contributed by atoms with Crippen LogP contribution in [-0.4, -0.2) is 28.6 Å². The van der Waals surface area contributed by atoms with Gasteiger partial charge in [0, 0.05) is 37.8 Å². The van der Waals surface area contributed by atoms with Crippen LogP contribution in [0.5, 0.6) is 0 Å². The quantitative estimate of drug-likeness (QED) is 0.155. The van der Waals surface area contributed by atoms with Gasteiger partial charge in [0.2, 0.25) is 5.91 Å².